The van der Waals surface area contributed by atoms with Crippen LogP contribution in [0.15, 0.2) is 17.5 Å². The van der Waals surface area contributed by atoms with Crippen molar-refractivity contribution in [3.63, 3.8) is 0 Å². The summed E-state index contributed by atoms with van der Waals surface area (Å²) in [7, 11) is 1.53. The summed E-state index contributed by atoms with van der Waals surface area (Å²) in [5.74, 6) is 0.159. The summed E-state index contributed by atoms with van der Waals surface area (Å²) in [6.45, 7) is 4.39. The Kier molecular flexibility index (Phi) is 5.61. The lowest BCUT2D eigenvalue weighted by Gasteiger charge is -2.23. The molecule has 17 heavy (non-hydrogen) atoms. The third-order valence-corrected chi connectivity index (χ3v) is 3.45. The number of hydrogen-bond acceptors (Lipinski definition) is 4. The van der Waals surface area contributed by atoms with E-state index in [0.717, 1.165) is 4.88 Å². The van der Waals surface area contributed by atoms with Gasteiger partial charge in [0.05, 0.1) is 12.6 Å². The maximum Gasteiger partial charge on any atom is 0.239 e. The first kappa shape index (κ1) is 14.2. The fourth-order valence-corrected chi connectivity index (χ4v) is 2.50. The van der Waals surface area contributed by atoms with E-state index in [0.29, 0.717) is 5.92 Å². The molecule has 0 aliphatic heterocycles. The number of methoxy groups -OCH3 is 1. The number of carbonyl (C=O) groups excluding carboxylic acids is 1. The Labute approximate surface area is 106 Å². The first-order chi connectivity index (χ1) is 8.06. The van der Waals surface area contributed by atoms with Crippen LogP contribution in [0.5, 0.6) is 0 Å². The van der Waals surface area contributed by atoms with Gasteiger partial charge in [-0.2, -0.15) is 0 Å². The first-order valence-corrected chi connectivity index (χ1v) is 6.52. The average Bonchev–Trinajstić information content (AvgIpc) is 2.78. The molecule has 0 fully saturated rings. The Bertz CT molecular complexity index is 338. The number of amides is 1. The summed E-state index contributed by atoms with van der Waals surface area (Å²) in [6.07, 6.45) is 0. The maximum atomic E-state index is 11.8. The molecule has 1 aromatic rings. The van der Waals surface area contributed by atoms with Gasteiger partial charge in [-0.3, -0.25) is 4.79 Å². The molecule has 96 valence electrons. The lowest BCUT2D eigenvalue weighted by atomic mass is 10.0. The summed E-state index contributed by atoms with van der Waals surface area (Å²) >= 11 is 1.64. The fourth-order valence-electron chi connectivity index (χ4n) is 1.55. The van der Waals surface area contributed by atoms with Crippen LogP contribution >= 0.6 is 11.3 Å². The van der Waals surface area contributed by atoms with Crippen molar-refractivity contribution in [1.82, 2.24) is 5.32 Å². The van der Waals surface area contributed by atoms with E-state index in [4.69, 9.17) is 10.5 Å². The zero-order valence-electron chi connectivity index (χ0n) is 10.5. The molecule has 0 radical (unpaired) electrons. The zero-order chi connectivity index (χ0) is 12.8. The number of nitrogens with one attached hydrogen (secondary N) is 1. The van der Waals surface area contributed by atoms with Gasteiger partial charge >= 0.3 is 0 Å². The van der Waals surface area contributed by atoms with Crippen LogP contribution in [-0.4, -0.2) is 25.7 Å². The van der Waals surface area contributed by atoms with Gasteiger partial charge in [0.1, 0.15) is 6.04 Å². The third kappa shape index (κ3) is 4.11. The van der Waals surface area contributed by atoms with E-state index in [-0.39, 0.29) is 18.6 Å². The highest BCUT2D eigenvalue weighted by Gasteiger charge is 2.22. The zero-order valence-corrected chi connectivity index (χ0v) is 11.3. The van der Waals surface area contributed by atoms with Gasteiger partial charge in [-0.25, -0.2) is 0 Å². The lowest BCUT2D eigenvalue weighted by Crippen LogP contribution is -2.45. The number of nitrogens with two attached hydrogens (primary N) is 1. The summed E-state index contributed by atoms with van der Waals surface area (Å²) < 4.78 is 4.87. The van der Waals surface area contributed by atoms with Crippen LogP contribution < -0.4 is 11.1 Å². The van der Waals surface area contributed by atoms with Crippen LogP contribution in [0.2, 0.25) is 0 Å². The molecule has 0 saturated heterocycles. The summed E-state index contributed by atoms with van der Waals surface area (Å²) in [5.41, 5.74) is 5.70. The number of ether oxygens (including phenoxy) is 1. The molecule has 1 heterocycles. The molecule has 2 unspecified atom stereocenters. The Morgan fingerprint density at radius 3 is 2.76 bits per heavy atom. The standard InChI is InChI=1S/C12H20N2O2S/c1-8(2)11(10-5-4-6-17-10)14-12(15)9(13)7-16-3/h4-6,8-9,11H,7,13H2,1-3H3,(H,14,15). The van der Waals surface area contributed by atoms with Gasteiger partial charge < -0.3 is 15.8 Å². The van der Waals surface area contributed by atoms with Gasteiger partial charge in [0.25, 0.3) is 0 Å². The topological polar surface area (TPSA) is 64.3 Å². The van der Waals surface area contributed by atoms with Crippen molar-refractivity contribution in [2.24, 2.45) is 11.7 Å². The van der Waals surface area contributed by atoms with Crippen LogP contribution in [0.3, 0.4) is 0 Å². The molecule has 0 spiro atoms. The fraction of sp³-hybridized carbons (Fsp3) is 0.583. The van der Waals surface area contributed by atoms with Crippen LogP contribution in [0.4, 0.5) is 0 Å². The highest BCUT2D eigenvalue weighted by molar-refractivity contribution is 7.10. The van der Waals surface area contributed by atoms with Crippen molar-refractivity contribution in [1.29, 1.82) is 0 Å². The number of thiophene rings is 1. The molecule has 5 heteroatoms. The van der Waals surface area contributed by atoms with Crippen molar-refractivity contribution in [2.75, 3.05) is 13.7 Å². The Balaban J connectivity index is 2.65. The van der Waals surface area contributed by atoms with Gasteiger partial charge in [-0.1, -0.05) is 19.9 Å². The van der Waals surface area contributed by atoms with Crippen molar-refractivity contribution in [2.45, 2.75) is 25.9 Å². The van der Waals surface area contributed by atoms with Crippen molar-refractivity contribution < 1.29 is 9.53 Å². The highest BCUT2D eigenvalue weighted by Crippen LogP contribution is 2.25. The highest BCUT2D eigenvalue weighted by atomic mass is 32.1. The van der Waals surface area contributed by atoms with E-state index in [9.17, 15) is 4.79 Å². The van der Waals surface area contributed by atoms with Crippen molar-refractivity contribution in [3.05, 3.63) is 22.4 Å². The Hall–Kier alpha value is -0.910. The van der Waals surface area contributed by atoms with Crippen LogP contribution in [0.1, 0.15) is 24.8 Å². The molecule has 0 aliphatic carbocycles. The molecule has 0 aromatic carbocycles. The van der Waals surface area contributed by atoms with E-state index in [1.807, 2.05) is 17.5 Å². The molecule has 3 N–H and O–H groups in total. The molecule has 2 atom stereocenters. The van der Waals surface area contributed by atoms with E-state index in [2.05, 4.69) is 19.2 Å². The smallest absolute Gasteiger partial charge is 0.239 e. The molecular weight excluding hydrogens is 236 g/mol. The number of carbonyl (C=O) groups is 1. The third-order valence-electron chi connectivity index (χ3n) is 2.50. The largest absolute Gasteiger partial charge is 0.383 e. The van der Waals surface area contributed by atoms with Crippen LogP contribution in [0, 0.1) is 5.92 Å². The van der Waals surface area contributed by atoms with Gasteiger partial charge in [-0.05, 0) is 17.4 Å². The molecule has 1 aromatic heterocycles. The predicted octanol–water partition coefficient (Wildman–Crippen LogP) is 1.54. The maximum absolute atomic E-state index is 11.8. The monoisotopic (exact) mass is 256 g/mol. The van der Waals surface area contributed by atoms with E-state index >= 15 is 0 Å². The van der Waals surface area contributed by atoms with Gasteiger partial charge in [0.2, 0.25) is 5.91 Å². The average molecular weight is 256 g/mol. The first-order valence-electron chi connectivity index (χ1n) is 5.64. The minimum Gasteiger partial charge on any atom is -0.383 e. The Morgan fingerprint density at radius 2 is 2.29 bits per heavy atom. The van der Waals surface area contributed by atoms with Crippen LogP contribution in [-0.2, 0) is 9.53 Å². The quantitative estimate of drug-likeness (QED) is 0.811. The number of hydrogen-bond donors (Lipinski definition) is 2. The molecule has 0 bridgehead atoms. The molecule has 4 nitrogen and oxygen atoms in total. The number of rotatable bonds is 6. The van der Waals surface area contributed by atoms with Gasteiger partial charge in [0.15, 0.2) is 0 Å². The molecule has 0 saturated carbocycles. The minimum atomic E-state index is -0.610. The van der Waals surface area contributed by atoms with E-state index in [1.165, 1.54) is 7.11 Å². The predicted molar refractivity (Wildman–Crippen MR) is 69.9 cm³/mol. The van der Waals surface area contributed by atoms with Crippen molar-refractivity contribution >= 4 is 17.2 Å². The second-order valence-corrected chi connectivity index (χ2v) is 5.29. The second kappa shape index (κ2) is 6.74. The summed E-state index contributed by atoms with van der Waals surface area (Å²) in [4.78, 5) is 13.0. The minimum absolute atomic E-state index is 0.0189. The van der Waals surface area contributed by atoms with Crippen molar-refractivity contribution in [3.8, 4) is 0 Å². The Morgan fingerprint density at radius 1 is 1.59 bits per heavy atom. The van der Waals surface area contributed by atoms with Gasteiger partial charge in [-0.15, -0.1) is 11.3 Å². The lowest BCUT2D eigenvalue weighted by molar-refractivity contribution is -0.124. The molecule has 0 aliphatic rings. The summed E-state index contributed by atoms with van der Waals surface area (Å²) in [5, 5.41) is 4.98. The molecular formula is C12H20N2O2S. The normalized spacial score (nSPS) is 14.6. The molecule has 1 amide bonds. The molecule has 1 rings (SSSR count). The SMILES string of the molecule is COCC(N)C(=O)NC(c1cccs1)C(C)C. The van der Waals surface area contributed by atoms with Crippen LogP contribution in [0.25, 0.3) is 0 Å². The van der Waals surface area contributed by atoms with E-state index < -0.39 is 6.04 Å². The van der Waals surface area contributed by atoms with Gasteiger partial charge in [0, 0.05) is 12.0 Å². The summed E-state index contributed by atoms with van der Waals surface area (Å²) in [6, 6.07) is 3.42. The second-order valence-electron chi connectivity index (χ2n) is 4.31. The van der Waals surface area contributed by atoms with E-state index in [1.54, 1.807) is 11.3 Å².